The van der Waals surface area contributed by atoms with Gasteiger partial charge in [0.2, 0.25) is 0 Å². The van der Waals surface area contributed by atoms with Crippen LogP contribution in [0.25, 0.3) is 0 Å². The Morgan fingerprint density at radius 1 is 0.826 bits per heavy atom. The minimum absolute atomic E-state index is 0.209. The third-order valence-electron chi connectivity index (χ3n) is 2.99. The van der Waals surface area contributed by atoms with Gasteiger partial charge in [-0.25, -0.2) is 8.78 Å². The van der Waals surface area contributed by atoms with Gasteiger partial charge < -0.3 is 9.68 Å². The molecule has 0 aliphatic rings. The summed E-state index contributed by atoms with van der Waals surface area (Å²) in [6.07, 6.45) is 0. The van der Waals surface area contributed by atoms with E-state index in [1.807, 2.05) is 0 Å². The second-order valence-corrected chi connectivity index (χ2v) is 4.75. The average Bonchev–Trinajstić information content (AvgIpc) is 2.54. The topological polar surface area (TPSA) is 43.2 Å². The van der Waals surface area contributed by atoms with E-state index in [2.05, 4.69) is 10.3 Å². The molecular weight excluding hydrogens is 302 g/mol. The molecule has 0 saturated heterocycles. The molecule has 6 heteroatoms. The smallest absolute Gasteiger partial charge is 0.280 e. The maximum Gasteiger partial charge on any atom is 0.280 e. The summed E-state index contributed by atoms with van der Waals surface area (Å²) in [7, 11) is 0. The van der Waals surface area contributed by atoms with Crippen LogP contribution in [-0.2, 0) is 9.68 Å². The highest BCUT2D eigenvalue weighted by molar-refractivity contribution is 5.98. The molecule has 0 N–H and O–H groups in total. The molecule has 0 fully saturated rings. The van der Waals surface area contributed by atoms with Gasteiger partial charge in [-0.15, -0.1) is 0 Å². The molecule has 0 aromatic heterocycles. The summed E-state index contributed by atoms with van der Waals surface area (Å²) in [6.45, 7) is 3.17. The summed E-state index contributed by atoms with van der Waals surface area (Å²) in [4.78, 5) is 9.92. The molecule has 0 spiro atoms. The van der Waals surface area contributed by atoms with Gasteiger partial charge in [-0.3, -0.25) is 0 Å². The zero-order chi connectivity index (χ0) is 16.7. The van der Waals surface area contributed by atoms with Crippen LogP contribution in [0.4, 0.5) is 8.78 Å². The van der Waals surface area contributed by atoms with Crippen LogP contribution in [0.5, 0.6) is 0 Å². The Morgan fingerprint density at radius 3 is 1.65 bits per heavy atom. The van der Waals surface area contributed by atoms with E-state index in [1.165, 1.54) is 24.3 Å². The molecule has 120 valence electrons. The number of halogens is 2. The first-order valence-corrected chi connectivity index (χ1v) is 6.91. The first kappa shape index (κ1) is 16.6. The molecule has 0 bridgehead atoms. The van der Waals surface area contributed by atoms with Crippen LogP contribution in [0.15, 0.2) is 58.8 Å². The molecular formula is C17H16F2N2O2. The molecule has 0 amide bonds. The van der Waals surface area contributed by atoms with Gasteiger partial charge in [0.15, 0.2) is 0 Å². The highest BCUT2D eigenvalue weighted by atomic mass is 19.1. The third-order valence-corrected chi connectivity index (χ3v) is 2.99. The average molecular weight is 318 g/mol. The number of hydrogen-bond acceptors (Lipinski definition) is 4. The summed E-state index contributed by atoms with van der Waals surface area (Å²) < 4.78 is 26.2. The summed E-state index contributed by atoms with van der Waals surface area (Å²) in [6, 6.07) is 12.0. The second kappa shape index (κ2) is 8.03. The van der Waals surface area contributed by atoms with E-state index in [4.69, 9.17) is 9.68 Å². The lowest BCUT2D eigenvalue weighted by atomic mass is 10.1. The fraction of sp³-hybridized carbons (Fsp3) is 0.176. The molecule has 0 saturated carbocycles. The summed E-state index contributed by atoms with van der Waals surface area (Å²) in [5.74, 6) is -0.688. The molecule has 2 aromatic carbocycles. The van der Waals surface area contributed by atoms with Crippen LogP contribution in [0.2, 0.25) is 0 Å². The van der Waals surface area contributed by atoms with Gasteiger partial charge in [0, 0.05) is 11.1 Å². The number of benzene rings is 2. The Kier molecular flexibility index (Phi) is 5.80. The first-order valence-electron chi connectivity index (χ1n) is 6.91. The third kappa shape index (κ3) is 5.18. The van der Waals surface area contributed by atoms with E-state index in [-0.39, 0.29) is 18.4 Å². The van der Waals surface area contributed by atoms with Crippen molar-refractivity contribution in [2.75, 3.05) is 6.79 Å². The van der Waals surface area contributed by atoms with Gasteiger partial charge in [0.1, 0.15) is 11.6 Å². The summed E-state index contributed by atoms with van der Waals surface area (Å²) >= 11 is 0. The Balaban J connectivity index is 1.85. The number of oxime groups is 2. The van der Waals surface area contributed by atoms with Crippen molar-refractivity contribution < 1.29 is 18.5 Å². The molecule has 0 atom stereocenters. The fourth-order valence-corrected chi connectivity index (χ4v) is 1.80. The van der Waals surface area contributed by atoms with Gasteiger partial charge >= 0.3 is 0 Å². The normalized spacial score (nSPS) is 12.2. The molecule has 0 heterocycles. The van der Waals surface area contributed by atoms with Crippen LogP contribution < -0.4 is 0 Å². The molecule has 2 aromatic rings. The Morgan fingerprint density at radius 2 is 1.26 bits per heavy atom. The van der Waals surface area contributed by atoms with Crippen LogP contribution >= 0.6 is 0 Å². The van der Waals surface area contributed by atoms with E-state index >= 15 is 0 Å². The van der Waals surface area contributed by atoms with Crippen molar-refractivity contribution in [1.29, 1.82) is 0 Å². The Labute approximate surface area is 133 Å². The van der Waals surface area contributed by atoms with E-state index in [9.17, 15) is 8.78 Å². The van der Waals surface area contributed by atoms with E-state index in [1.54, 1.807) is 38.1 Å². The van der Waals surface area contributed by atoms with E-state index < -0.39 is 0 Å². The van der Waals surface area contributed by atoms with Gasteiger partial charge in [-0.2, -0.15) is 0 Å². The standard InChI is InChI=1S/C17H16F2N2O2/c1-12(14-5-3-7-16(18)9-14)20-22-11-23-21-13(2)15-6-4-8-17(19)10-15/h3-10H,11H2,1-2H3/b20-12-,21-13+. The van der Waals surface area contributed by atoms with Gasteiger partial charge in [0.25, 0.3) is 6.79 Å². The predicted octanol–water partition coefficient (Wildman–Crippen LogP) is 4.10. The van der Waals surface area contributed by atoms with Crippen molar-refractivity contribution in [3.05, 3.63) is 71.3 Å². The number of rotatable bonds is 6. The molecule has 23 heavy (non-hydrogen) atoms. The van der Waals surface area contributed by atoms with E-state index in [0.717, 1.165) is 0 Å². The zero-order valence-corrected chi connectivity index (χ0v) is 12.8. The van der Waals surface area contributed by atoms with Gasteiger partial charge in [-0.1, -0.05) is 34.6 Å². The van der Waals surface area contributed by atoms with Crippen molar-refractivity contribution in [2.45, 2.75) is 13.8 Å². The molecule has 0 aliphatic carbocycles. The lowest BCUT2D eigenvalue weighted by Gasteiger charge is -2.03. The Hall–Kier alpha value is -2.76. The molecule has 0 unspecified atom stereocenters. The quantitative estimate of drug-likeness (QED) is 0.348. The zero-order valence-electron chi connectivity index (χ0n) is 12.8. The van der Waals surface area contributed by atoms with E-state index in [0.29, 0.717) is 22.6 Å². The van der Waals surface area contributed by atoms with Crippen LogP contribution in [0.3, 0.4) is 0 Å². The van der Waals surface area contributed by atoms with Crippen molar-refractivity contribution in [2.24, 2.45) is 10.3 Å². The van der Waals surface area contributed by atoms with Crippen LogP contribution in [-0.4, -0.2) is 18.2 Å². The lowest BCUT2D eigenvalue weighted by molar-refractivity contribution is -0.0505. The first-order chi connectivity index (χ1) is 11.1. The van der Waals surface area contributed by atoms with Crippen molar-refractivity contribution in [3.8, 4) is 0 Å². The van der Waals surface area contributed by atoms with Gasteiger partial charge in [0.05, 0.1) is 11.4 Å². The van der Waals surface area contributed by atoms with Crippen molar-refractivity contribution in [1.82, 2.24) is 0 Å². The monoisotopic (exact) mass is 318 g/mol. The minimum atomic E-state index is -0.344. The molecule has 4 nitrogen and oxygen atoms in total. The summed E-state index contributed by atoms with van der Waals surface area (Å²) in [5, 5.41) is 7.63. The SMILES string of the molecule is C/C(=N/OCO/N=C(\C)c1cccc(F)c1)c1cccc(F)c1. The predicted molar refractivity (Wildman–Crippen MR) is 84.3 cm³/mol. The largest absolute Gasteiger partial charge is 0.352 e. The molecule has 0 aliphatic heterocycles. The fourth-order valence-electron chi connectivity index (χ4n) is 1.80. The van der Waals surface area contributed by atoms with Gasteiger partial charge in [-0.05, 0) is 38.1 Å². The van der Waals surface area contributed by atoms with Crippen molar-refractivity contribution >= 4 is 11.4 Å². The second-order valence-electron chi connectivity index (χ2n) is 4.75. The van der Waals surface area contributed by atoms with Crippen molar-refractivity contribution in [3.63, 3.8) is 0 Å². The highest BCUT2D eigenvalue weighted by Crippen LogP contribution is 2.06. The highest BCUT2D eigenvalue weighted by Gasteiger charge is 2.01. The maximum atomic E-state index is 13.1. The Bertz CT molecular complexity index is 669. The minimum Gasteiger partial charge on any atom is -0.352 e. The van der Waals surface area contributed by atoms with Crippen LogP contribution in [0, 0.1) is 11.6 Å². The number of nitrogens with zero attached hydrogens (tertiary/aromatic N) is 2. The summed E-state index contributed by atoms with van der Waals surface area (Å²) in [5.41, 5.74) is 2.26. The maximum absolute atomic E-state index is 13.1. The molecule has 2 rings (SSSR count). The lowest BCUT2D eigenvalue weighted by Crippen LogP contribution is -2.01. The number of hydrogen-bond donors (Lipinski definition) is 0. The molecule has 0 radical (unpaired) electrons. The van der Waals surface area contributed by atoms with Crippen LogP contribution in [0.1, 0.15) is 25.0 Å².